The second-order valence-electron chi connectivity index (χ2n) is 6.21. The summed E-state index contributed by atoms with van der Waals surface area (Å²) in [5.41, 5.74) is 6.30. The summed E-state index contributed by atoms with van der Waals surface area (Å²) in [7, 11) is 0. The Balaban J connectivity index is 1.59. The number of fused-ring (bicyclic) bond motifs is 1. The number of amides is 1. The van der Waals surface area contributed by atoms with Crippen molar-refractivity contribution in [2.24, 2.45) is 0 Å². The van der Waals surface area contributed by atoms with E-state index in [9.17, 15) is 4.79 Å². The van der Waals surface area contributed by atoms with Gasteiger partial charge in [0.05, 0.1) is 11.7 Å². The first-order chi connectivity index (χ1) is 13.2. The molecule has 1 amide bonds. The molecule has 1 aromatic heterocycles. The first-order valence-electron chi connectivity index (χ1n) is 8.57. The van der Waals surface area contributed by atoms with Gasteiger partial charge in [0.1, 0.15) is 11.0 Å². The maximum atomic E-state index is 12.4. The molecule has 0 aliphatic carbocycles. The molecule has 0 fully saturated rings. The highest BCUT2D eigenvalue weighted by Crippen LogP contribution is 2.22. The predicted molar refractivity (Wildman–Crippen MR) is 112 cm³/mol. The Labute approximate surface area is 161 Å². The van der Waals surface area contributed by atoms with Crippen LogP contribution in [0.5, 0.6) is 0 Å². The third-order valence-electron chi connectivity index (χ3n) is 4.32. The Morgan fingerprint density at radius 1 is 0.963 bits per heavy atom. The Hall–Kier alpha value is -3.31. The molecule has 1 heterocycles. The van der Waals surface area contributed by atoms with Gasteiger partial charge in [-0.15, -0.1) is 0 Å². The van der Waals surface area contributed by atoms with E-state index in [0.717, 1.165) is 33.4 Å². The van der Waals surface area contributed by atoms with Crippen molar-refractivity contribution >= 4 is 46.5 Å². The van der Waals surface area contributed by atoms with E-state index in [2.05, 4.69) is 14.1 Å². The minimum atomic E-state index is -0.113. The average molecular weight is 371 g/mol. The first kappa shape index (κ1) is 17.1. The molecule has 0 aliphatic heterocycles. The molecule has 27 heavy (non-hydrogen) atoms. The lowest BCUT2D eigenvalue weighted by atomic mass is 10.1. The number of nitrogens with zero attached hydrogens (tertiary/aromatic N) is 2. The lowest BCUT2D eigenvalue weighted by Gasteiger charge is -2.09. The van der Waals surface area contributed by atoms with E-state index in [-0.39, 0.29) is 5.91 Å². The number of carbonyl (C=O) groups excluding carboxylic acids is 1. The molecule has 4 rings (SSSR count). The molecule has 0 spiro atoms. The van der Waals surface area contributed by atoms with Crippen LogP contribution in [0.1, 0.15) is 27.0 Å². The highest BCUT2D eigenvalue weighted by molar-refractivity contribution is 7.00. The summed E-state index contributed by atoms with van der Waals surface area (Å²) < 4.78 is 8.63. The standard InChI is InChI=1S/C22H17N3OS/c1-15-10-11-16(12-13-17-8-5-9-19-21(17)25-27-24-19)14-20(15)23-22(26)18-6-3-2-4-7-18/h2-14H,1H3,(H,23,26)/b13-12+. The van der Waals surface area contributed by atoms with E-state index in [1.165, 1.54) is 11.7 Å². The average Bonchev–Trinajstić information content (AvgIpc) is 3.18. The molecule has 0 saturated heterocycles. The molecular formula is C22H17N3OS. The molecule has 0 bridgehead atoms. The van der Waals surface area contributed by atoms with Crippen LogP contribution in [0.4, 0.5) is 5.69 Å². The first-order valence-corrected chi connectivity index (χ1v) is 9.30. The summed E-state index contributed by atoms with van der Waals surface area (Å²) >= 11 is 1.22. The zero-order chi connectivity index (χ0) is 18.6. The largest absolute Gasteiger partial charge is 0.322 e. The molecule has 4 nitrogen and oxygen atoms in total. The maximum absolute atomic E-state index is 12.4. The number of hydrogen-bond donors (Lipinski definition) is 1. The normalized spacial score (nSPS) is 11.1. The van der Waals surface area contributed by atoms with Crippen LogP contribution >= 0.6 is 11.7 Å². The number of nitrogens with one attached hydrogen (secondary N) is 1. The number of benzene rings is 3. The summed E-state index contributed by atoms with van der Waals surface area (Å²) in [5.74, 6) is -0.113. The van der Waals surface area contributed by atoms with Crippen molar-refractivity contribution in [3.8, 4) is 0 Å². The molecule has 4 aromatic rings. The van der Waals surface area contributed by atoms with Gasteiger partial charge < -0.3 is 5.32 Å². The van der Waals surface area contributed by atoms with Gasteiger partial charge in [-0.3, -0.25) is 4.79 Å². The molecule has 3 aromatic carbocycles. The summed E-state index contributed by atoms with van der Waals surface area (Å²) in [6, 6.07) is 21.2. The van der Waals surface area contributed by atoms with Gasteiger partial charge in [0.15, 0.2) is 0 Å². The fraction of sp³-hybridized carbons (Fsp3) is 0.0455. The van der Waals surface area contributed by atoms with Crippen molar-refractivity contribution in [3.63, 3.8) is 0 Å². The maximum Gasteiger partial charge on any atom is 0.255 e. The molecule has 0 aliphatic rings. The van der Waals surface area contributed by atoms with Gasteiger partial charge in [0.25, 0.3) is 5.91 Å². The van der Waals surface area contributed by atoms with Crippen LogP contribution < -0.4 is 5.32 Å². The lowest BCUT2D eigenvalue weighted by Crippen LogP contribution is -2.12. The van der Waals surface area contributed by atoms with Gasteiger partial charge in [-0.05, 0) is 42.3 Å². The summed E-state index contributed by atoms with van der Waals surface area (Å²) in [5, 5.41) is 3.00. The lowest BCUT2D eigenvalue weighted by molar-refractivity contribution is 0.102. The topological polar surface area (TPSA) is 54.9 Å². The van der Waals surface area contributed by atoms with Crippen LogP contribution in [0, 0.1) is 6.92 Å². The van der Waals surface area contributed by atoms with Gasteiger partial charge in [-0.2, -0.15) is 8.75 Å². The third kappa shape index (κ3) is 3.78. The van der Waals surface area contributed by atoms with Crippen LogP contribution in [0.2, 0.25) is 0 Å². The fourth-order valence-corrected chi connectivity index (χ4v) is 3.37. The van der Waals surface area contributed by atoms with E-state index in [1.54, 1.807) is 12.1 Å². The monoisotopic (exact) mass is 371 g/mol. The summed E-state index contributed by atoms with van der Waals surface area (Å²) in [6.45, 7) is 1.98. The van der Waals surface area contributed by atoms with Crippen molar-refractivity contribution in [2.45, 2.75) is 6.92 Å². The van der Waals surface area contributed by atoms with Gasteiger partial charge >= 0.3 is 0 Å². The Morgan fingerprint density at radius 2 is 1.81 bits per heavy atom. The van der Waals surface area contributed by atoms with E-state index in [1.807, 2.05) is 73.7 Å². The van der Waals surface area contributed by atoms with Crippen molar-refractivity contribution in [2.75, 3.05) is 5.32 Å². The number of carbonyl (C=O) groups is 1. The highest BCUT2D eigenvalue weighted by atomic mass is 32.1. The van der Waals surface area contributed by atoms with Crippen LogP contribution in [-0.4, -0.2) is 14.7 Å². The summed E-state index contributed by atoms with van der Waals surface area (Å²) in [4.78, 5) is 12.4. The number of aromatic nitrogens is 2. The fourth-order valence-electron chi connectivity index (χ4n) is 2.81. The molecule has 132 valence electrons. The third-order valence-corrected chi connectivity index (χ3v) is 4.86. The number of anilines is 1. The zero-order valence-electron chi connectivity index (χ0n) is 14.7. The van der Waals surface area contributed by atoms with Crippen LogP contribution in [-0.2, 0) is 0 Å². The molecule has 5 heteroatoms. The van der Waals surface area contributed by atoms with Gasteiger partial charge in [-0.25, -0.2) is 0 Å². The second kappa shape index (κ2) is 7.51. The smallest absolute Gasteiger partial charge is 0.255 e. The van der Waals surface area contributed by atoms with Crippen LogP contribution in [0.15, 0.2) is 66.7 Å². The predicted octanol–water partition coefficient (Wildman–Crippen LogP) is 5.42. The molecule has 0 radical (unpaired) electrons. The Morgan fingerprint density at radius 3 is 2.67 bits per heavy atom. The van der Waals surface area contributed by atoms with Crippen molar-refractivity contribution in [1.29, 1.82) is 0 Å². The van der Waals surface area contributed by atoms with E-state index >= 15 is 0 Å². The minimum Gasteiger partial charge on any atom is -0.322 e. The van der Waals surface area contributed by atoms with Crippen LogP contribution in [0.25, 0.3) is 23.2 Å². The number of aryl methyl sites for hydroxylation is 1. The van der Waals surface area contributed by atoms with Crippen molar-refractivity contribution < 1.29 is 4.79 Å². The van der Waals surface area contributed by atoms with Crippen LogP contribution in [0.3, 0.4) is 0 Å². The molecule has 0 atom stereocenters. The SMILES string of the molecule is Cc1ccc(/C=C/c2cccc3nsnc23)cc1NC(=O)c1ccccc1. The molecular weight excluding hydrogens is 354 g/mol. The second-order valence-corrected chi connectivity index (χ2v) is 6.74. The molecule has 0 unspecified atom stereocenters. The van der Waals surface area contributed by atoms with Crippen molar-refractivity contribution in [1.82, 2.24) is 8.75 Å². The van der Waals surface area contributed by atoms with E-state index in [4.69, 9.17) is 0 Å². The zero-order valence-corrected chi connectivity index (χ0v) is 15.5. The van der Waals surface area contributed by atoms with Gasteiger partial charge in [0, 0.05) is 16.8 Å². The van der Waals surface area contributed by atoms with Gasteiger partial charge in [-0.1, -0.05) is 54.6 Å². The summed E-state index contributed by atoms with van der Waals surface area (Å²) in [6.07, 6.45) is 4.04. The molecule has 1 N–H and O–H groups in total. The van der Waals surface area contributed by atoms with E-state index in [0.29, 0.717) is 5.56 Å². The van der Waals surface area contributed by atoms with Gasteiger partial charge in [0.2, 0.25) is 0 Å². The van der Waals surface area contributed by atoms with E-state index < -0.39 is 0 Å². The Bertz CT molecular complexity index is 1130. The number of rotatable bonds is 4. The highest BCUT2D eigenvalue weighted by Gasteiger charge is 2.07. The quantitative estimate of drug-likeness (QED) is 0.487. The number of hydrogen-bond acceptors (Lipinski definition) is 4. The van der Waals surface area contributed by atoms with Crippen molar-refractivity contribution in [3.05, 3.63) is 89.0 Å². The Kier molecular flexibility index (Phi) is 4.77. The molecule has 0 saturated carbocycles. The minimum absolute atomic E-state index is 0.113.